The number of rotatable bonds is 7. The molecule has 30 heavy (non-hydrogen) atoms. The van der Waals surface area contributed by atoms with E-state index in [1.807, 2.05) is 18.2 Å². The molecule has 2 aliphatic heterocycles. The van der Waals surface area contributed by atoms with Crippen molar-refractivity contribution in [3.05, 3.63) is 60.2 Å². The number of carbonyl (C=O) groups excluding carboxylic acids is 1. The molecule has 2 fully saturated rings. The van der Waals surface area contributed by atoms with Crippen LogP contribution >= 0.6 is 0 Å². The highest BCUT2D eigenvalue weighted by molar-refractivity contribution is 5.67. The maximum absolute atomic E-state index is 12.2. The first-order valence-electron chi connectivity index (χ1n) is 10.9. The van der Waals surface area contributed by atoms with Crippen LogP contribution in [0.1, 0.15) is 24.8 Å². The van der Waals surface area contributed by atoms with Gasteiger partial charge in [0, 0.05) is 19.1 Å². The minimum absolute atomic E-state index is 0.107. The zero-order valence-corrected chi connectivity index (χ0v) is 17.2. The third-order valence-corrected chi connectivity index (χ3v) is 6.05. The first-order chi connectivity index (χ1) is 14.7. The van der Waals surface area contributed by atoms with E-state index >= 15 is 0 Å². The van der Waals surface area contributed by atoms with Crippen LogP contribution in [-0.4, -0.2) is 55.1 Å². The average Bonchev–Trinajstić information content (AvgIpc) is 3.40. The summed E-state index contributed by atoms with van der Waals surface area (Å²) in [7, 11) is 0. The summed E-state index contributed by atoms with van der Waals surface area (Å²) in [5.41, 5.74) is 3.49. The molecule has 2 saturated heterocycles. The van der Waals surface area contributed by atoms with Crippen molar-refractivity contribution in [2.24, 2.45) is 0 Å². The van der Waals surface area contributed by atoms with Crippen LogP contribution in [0.3, 0.4) is 0 Å². The van der Waals surface area contributed by atoms with Crippen LogP contribution in [0.25, 0.3) is 11.1 Å². The molecule has 0 saturated carbocycles. The van der Waals surface area contributed by atoms with Crippen LogP contribution < -0.4 is 16.0 Å². The number of benzene rings is 2. The minimum atomic E-state index is -0.694. The highest BCUT2D eigenvalue weighted by atomic mass is 16.6. The molecule has 160 valence electrons. The molecule has 0 aromatic heterocycles. The maximum Gasteiger partial charge on any atom is 0.407 e. The summed E-state index contributed by atoms with van der Waals surface area (Å²) >= 11 is 0. The second kappa shape index (κ2) is 10.1. The molecule has 6 heteroatoms. The third kappa shape index (κ3) is 5.39. The molecule has 6 nitrogen and oxygen atoms in total. The maximum atomic E-state index is 12.2. The van der Waals surface area contributed by atoms with Crippen LogP contribution in [0.4, 0.5) is 4.79 Å². The van der Waals surface area contributed by atoms with Gasteiger partial charge >= 0.3 is 6.09 Å². The smallest absolute Gasteiger partial charge is 0.407 e. The normalized spacial score (nSPS) is 25.9. The number of carbonyl (C=O) groups is 1. The standard InChI is InChI=1S/C24H31N3O3/c28-22-16-27-21(23(22)30-24(29)26-14-12-20-7-4-13-25-20)15-17-8-10-19(11-9-17)18-5-2-1-3-6-18/h1-3,5-6,8-11,20-23,25,27-28H,4,7,12-16H2,(H,26,29)/t20-,21-,22+,23+/m1/s1. The number of ether oxygens (including phenoxy) is 1. The van der Waals surface area contributed by atoms with Crippen molar-refractivity contribution in [3.63, 3.8) is 0 Å². The van der Waals surface area contributed by atoms with Crippen molar-refractivity contribution in [1.82, 2.24) is 16.0 Å². The lowest BCUT2D eigenvalue weighted by Gasteiger charge is -2.22. The van der Waals surface area contributed by atoms with Gasteiger partial charge in [-0.2, -0.15) is 0 Å². The average molecular weight is 410 g/mol. The quantitative estimate of drug-likeness (QED) is 0.565. The summed E-state index contributed by atoms with van der Waals surface area (Å²) in [4.78, 5) is 12.2. The highest BCUT2D eigenvalue weighted by Crippen LogP contribution is 2.22. The molecular weight excluding hydrogens is 378 g/mol. The Morgan fingerprint density at radius 1 is 1.07 bits per heavy atom. The van der Waals surface area contributed by atoms with Crippen molar-refractivity contribution in [1.29, 1.82) is 0 Å². The molecule has 2 aromatic carbocycles. The molecule has 4 N–H and O–H groups in total. The van der Waals surface area contributed by atoms with Gasteiger partial charge in [0.15, 0.2) is 0 Å². The van der Waals surface area contributed by atoms with Gasteiger partial charge in [-0.3, -0.25) is 0 Å². The van der Waals surface area contributed by atoms with Crippen LogP contribution in [-0.2, 0) is 11.2 Å². The molecule has 4 atom stereocenters. The Kier molecular flexibility index (Phi) is 7.00. The number of nitrogens with one attached hydrogen (secondary N) is 3. The predicted octanol–water partition coefficient (Wildman–Crippen LogP) is 2.47. The second-order valence-electron chi connectivity index (χ2n) is 8.23. The molecule has 1 amide bonds. The van der Waals surface area contributed by atoms with Gasteiger partial charge in [-0.1, -0.05) is 54.6 Å². The molecule has 2 aliphatic rings. The van der Waals surface area contributed by atoms with Gasteiger partial charge in [0.25, 0.3) is 0 Å². The summed E-state index contributed by atoms with van der Waals surface area (Å²) in [6.07, 6.45) is 2.25. The lowest BCUT2D eigenvalue weighted by atomic mass is 9.98. The minimum Gasteiger partial charge on any atom is -0.442 e. The lowest BCUT2D eigenvalue weighted by molar-refractivity contribution is 0.0189. The highest BCUT2D eigenvalue weighted by Gasteiger charge is 2.37. The molecule has 4 rings (SSSR count). The molecule has 2 aromatic rings. The number of hydrogen-bond acceptors (Lipinski definition) is 5. The van der Waals surface area contributed by atoms with E-state index in [0.717, 1.165) is 24.9 Å². The monoisotopic (exact) mass is 409 g/mol. The van der Waals surface area contributed by atoms with Gasteiger partial charge in [-0.15, -0.1) is 0 Å². The van der Waals surface area contributed by atoms with Crippen molar-refractivity contribution < 1.29 is 14.6 Å². The molecule has 2 heterocycles. The Hall–Kier alpha value is -2.41. The van der Waals surface area contributed by atoms with Gasteiger partial charge < -0.3 is 25.8 Å². The van der Waals surface area contributed by atoms with E-state index < -0.39 is 18.3 Å². The van der Waals surface area contributed by atoms with Crippen LogP contribution in [0.5, 0.6) is 0 Å². The van der Waals surface area contributed by atoms with Crippen LogP contribution in [0, 0.1) is 0 Å². The fourth-order valence-corrected chi connectivity index (χ4v) is 4.36. The molecule has 0 unspecified atom stereocenters. The van der Waals surface area contributed by atoms with Crippen molar-refractivity contribution in [2.75, 3.05) is 19.6 Å². The predicted molar refractivity (Wildman–Crippen MR) is 117 cm³/mol. The van der Waals surface area contributed by atoms with E-state index in [1.54, 1.807) is 0 Å². The fraction of sp³-hybridized carbons (Fsp3) is 0.458. The summed E-state index contributed by atoms with van der Waals surface area (Å²) < 4.78 is 5.58. The largest absolute Gasteiger partial charge is 0.442 e. The Morgan fingerprint density at radius 2 is 1.83 bits per heavy atom. The molecule has 0 spiro atoms. The van der Waals surface area contributed by atoms with E-state index in [4.69, 9.17) is 4.74 Å². The Balaban J connectivity index is 1.29. The molecular formula is C24H31N3O3. The zero-order valence-electron chi connectivity index (χ0n) is 17.2. The van der Waals surface area contributed by atoms with E-state index in [9.17, 15) is 9.90 Å². The van der Waals surface area contributed by atoms with E-state index in [-0.39, 0.29) is 6.04 Å². The fourth-order valence-electron chi connectivity index (χ4n) is 4.36. The van der Waals surface area contributed by atoms with Crippen LogP contribution in [0.2, 0.25) is 0 Å². The van der Waals surface area contributed by atoms with E-state index in [0.29, 0.717) is 25.6 Å². The number of amides is 1. The molecule has 0 bridgehead atoms. The molecule has 0 radical (unpaired) electrons. The summed E-state index contributed by atoms with van der Waals surface area (Å²) in [6, 6.07) is 19.0. The van der Waals surface area contributed by atoms with Crippen LogP contribution in [0.15, 0.2) is 54.6 Å². The zero-order chi connectivity index (χ0) is 20.8. The summed E-state index contributed by atoms with van der Waals surface area (Å²) in [5.74, 6) is 0. The van der Waals surface area contributed by atoms with Gasteiger partial charge in [-0.25, -0.2) is 4.79 Å². The Bertz CT molecular complexity index is 806. The summed E-state index contributed by atoms with van der Waals surface area (Å²) in [5, 5.41) is 19.8. The Morgan fingerprint density at radius 3 is 2.57 bits per heavy atom. The first kappa shape index (κ1) is 20.8. The summed E-state index contributed by atoms with van der Waals surface area (Å²) in [6.45, 7) is 2.07. The first-order valence-corrected chi connectivity index (χ1v) is 10.9. The van der Waals surface area contributed by atoms with E-state index in [1.165, 1.54) is 17.5 Å². The number of aliphatic hydroxyl groups excluding tert-OH is 1. The molecule has 0 aliphatic carbocycles. The van der Waals surface area contributed by atoms with Crippen molar-refractivity contribution in [3.8, 4) is 11.1 Å². The number of aliphatic hydroxyl groups is 1. The van der Waals surface area contributed by atoms with E-state index in [2.05, 4.69) is 52.3 Å². The lowest BCUT2D eigenvalue weighted by Crippen LogP contribution is -2.42. The topological polar surface area (TPSA) is 82.6 Å². The number of hydrogen-bond donors (Lipinski definition) is 4. The third-order valence-electron chi connectivity index (χ3n) is 6.05. The van der Waals surface area contributed by atoms with Crippen molar-refractivity contribution >= 4 is 6.09 Å². The number of β-amino-alcohol motifs (C(OH)–C–C–N with tert-alkyl or cyclic N) is 1. The SMILES string of the molecule is O=C(NCC[C@H]1CCCN1)O[C@@H]1[C@@H](O)CN[C@@H]1Cc1ccc(-c2ccccc2)cc1. The number of alkyl carbamates (subject to hydrolysis) is 1. The Labute approximate surface area is 178 Å². The van der Waals surface area contributed by atoms with Gasteiger partial charge in [-0.05, 0) is 48.9 Å². The van der Waals surface area contributed by atoms with Gasteiger partial charge in [0.2, 0.25) is 0 Å². The van der Waals surface area contributed by atoms with Gasteiger partial charge in [0.05, 0.1) is 6.04 Å². The van der Waals surface area contributed by atoms with Gasteiger partial charge in [0.1, 0.15) is 12.2 Å². The van der Waals surface area contributed by atoms with Crippen molar-refractivity contribution in [2.45, 2.75) is 50.0 Å². The second-order valence-corrected chi connectivity index (χ2v) is 8.23.